The lowest BCUT2D eigenvalue weighted by Crippen LogP contribution is -2.04. The summed E-state index contributed by atoms with van der Waals surface area (Å²) in [6.07, 6.45) is 2.55. The summed E-state index contributed by atoms with van der Waals surface area (Å²) in [5.74, 6) is 0. The molecule has 2 N–H and O–H groups in total. The van der Waals surface area contributed by atoms with Crippen molar-refractivity contribution in [3.05, 3.63) is 78.4 Å². The van der Waals surface area contributed by atoms with E-state index in [1.807, 2.05) is 36.4 Å². The SMILES string of the molecule is O=c1cnc2ccc(Br)cc2[nH]1.O=c1cnc2ccc(Br)cc2[nH]1. The smallest absolute Gasteiger partial charge is 0.266 e. The highest BCUT2D eigenvalue weighted by Gasteiger charge is 1.96. The van der Waals surface area contributed by atoms with Gasteiger partial charge in [-0.05, 0) is 36.4 Å². The molecule has 0 aliphatic carbocycles. The first-order chi connectivity index (χ1) is 11.5. The number of nitrogens with zero attached hydrogens (tertiary/aromatic N) is 2. The number of aromatic nitrogens is 4. The first-order valence-corrected chi connectivity index (χ1v) is 8.39. The lowest BCUT2D eigenvalue weighted by Gasteiger charge is -1.95. The van der Waals surface area contributed by atoms with Crippen molar-refractivity contribution in [2.45, 2.75) is 0 Å². The minimum absolute atomic E-state index is 0.180. The minimum atomic E-state index is -0.180. The Labute approximate surface area is 152 Å². The summed E-state index contributed by atoms with van der Waals surface area (Å²) in [5.41, 5.74) is 2.71. The number of rotatable bonds is 0. The average Bonchev–Trinajstić information content (AvgIpc) is 2.54. The van der Waals surface area contributed by atoms with Crippen LogP contribution in [0.15, 0.2) is 67.3 Å². The molecule has 120 valence electrons. The van der Waals surface area contributed by atoms with Gasteiger partial charge in [0.25, 0.3) is 11.1 Å². The van der Waals surface area contributed by atoms with Gasteiger partial charge in [0.2, 0.25) is 0 Å². The van der Waals surface area contributed by atoms with Crippen LogP contribution in [0.5, 0.6) is 0 Å². The number of hydrogen-bond acceptors (Lipinski definition) is 4. The van der Waals surface area contributed by atoms with E-state index in [4.69, 9.17) is 0 Å². The second-order valence-corrected chi connectivity index (χ2v) is 6.65. The zero-order valence-electron chi connectivity index (χ0n) is 12.1. The molecule has 24 heavy (non-hydrogen) atoms. The molecule has 0 aliphatic rings. The summed E-state index contributed by atoms with van der Waals surface area (Å²) < 4.78 is 1.86. The highest BCUT2D eigenvalue weighted by Crippen LogP contribution is 2.15. The highest BCUT2D eigenvalue weighted by atomic mass is 79.9. The molecule has 0 spiro atoms. The van der Waals surface area contributed by atoms with E-state index in [-0.39, 0.29) is 11.1 Å². The van der Waals surface area contributed by atoms with Gasteiger partial charge in [-0.2, -0.15) is 0 Å². The molecule has 0 radical (unpaired) electrons. The Morgan fingerprint density at radius 2 is 1.12 bits per heavy atom. The number of benzene rings is 2. The van der Waals surface area contributed by atoms with E-state index in [1.54, 1.807) is 0 Å². The van der Waals surface area contributed by atoms with E-state index >= 15 is 0 Å². The molecule has 0 aliphatic heterocycles. The van der Waals surface area contributed by atoms with Gasteiger partial charge in [0, 0.05) is 8.95 Å². The third-order valence-corrected chi connectivity index (χ3v) is 4.06. The molecule has 0 unspecified atom stereocenters. The standard InChI is InChI=1S/2C8H5BrN2O/c2*9-5-1-2-6-7(3-5)11-8(12)4-10-6/h2*1-4H,(H,11,12). The Kier molecular flexibility index (Phi) is 4.86. The molecule has 0 atom stereocenters. The van der Waals surface area contributed by atoms with Crippen LogP contribution in [0.25, 0.3) is 22.1 Å². The third-order valence-electron chi connectivity index (χ3n) is 3.07. The maximum absolute atomic E-state index is 10.9. The fraction of sp³-hybridized carbons (Fsp3) is 0. The minimum Gasteiger partial charge on any atom is -0.319 e. The molecule has 8 heteroatoms. The number of H-pyrrole nitrogens is 2. The number of aromatic amines is 2. The average molecular weight is 450 g/mol. The van der Waals surface area contributed by atoms with Gasteiger partial charge in [0.1, 0.15) is 0 Å². The normalized spacial score (nSPS) is 10.4. The van der Waals surface area contributed by atoms with Crippen LogP contribution in [0.2, 0.25) is 0 Å². The monoisotopic (exact) mass is 448 g/mol. The van der Waals surface area contributed by atoms with E-state index in [2.05, 4.69) is 51.8 Å². The first-order valence-electron chi connectivity index (χ1n) is 6.80. The van der Waals surface area contributed by atoms with Gasteiger partial charge in [0.05, 0.1) is 34.5 Å². The van der Waals surface area contributed by atoms with E-state index in [1.165, 1.54) is 12.4 Å². The fourth-order valence-electron chi connectivity index (χ4n) is 2.03. The Morgan fingerprint density at radius 3 is 1.54 bits per heavy atom. The van der Waals surface area contributed by atoms with Gasteiger partial charge < -0.3 is 9.97 Å². The number of fused-ring (bicyclic) bond motifs is 2. The predicted octanol–water partition coefficient (Wildman–Crippen LogP) is 3.37. The van der Waals surface area contributed by atoms with Crippen molar-refractivity contribution in [3.63, 3.8) is 0 Å². The lowest BCUT2D eigenvalue weighted by molar-refractivity contribution is 1.22. The topological polar surface area (TPSA) is 91.5 Å². The summed E-state index contributed by atoms with van der Waals surface area (Å²) in [6, 6.07) is 11.1. The molecule has 2 aromatic heterocycles. The molecule has 0 amide bonds. The van der Waals surface area contributed by atoms with Crippen LogP contribution in [-0.2, 0) is 0 Å². The van der Waals surface area contributed by atoms with Crippen molar-refractivity contribution in [3.8, 4) is 0 Å². The second-order valence-electron chi connectivity index (χ2n) is 4.82. The van der Waals surface area contributed by atoms with Crippen molar-refractivity contribution < 1.29 is 0 Å². The van der Waals surface area contributed by atoms with Crippen LogP contribution in [0.4, 0.5) is 0 Å². The van der Waals surface area contributed by atoms with Gasteiger partial charge >= 0.3 is 0 Å². The zero-order chi connectivity index (χ0) is 17.1. The van der Waals surface area contributed by atoms with Crippen LogP contribution in [0.3, 0.4) is 0 Å². The molecular formula is C16H10Br2N4O2. The van der Waals surface area contributed by atoms with E-state index < -0.39 is 0 Å². The molecule has 2 heterocycles. The maximum Gasteiger partial charge on any atom is 0.266 e. The largest absolute Gasteiger partial charge is 0.319 e. The number of nitrogens with one attached hydrogen (secondary N) is 2. The van der Waals surface area contributed by atoms with Crippen LogP contribution in [0, 0.1) is 0 Å². The Balaban J connectivity index is 0.000000141. The molecule has 0 saturated heterocycles. The summed E-state index contributed by atoms with van der Waals surface area (Å²) in [5, 5.41) is 0. The van der Waals surface area contributed by atoms with E-state index in [0.717, 1.165) is 31.0 Å². The van der Waals surface area contributed by atoms with Crippen LogP contribution >= 0.6 is 31.9 Å². The van der Waals surface area contributed by atoms with Crippen molar-refractivity contribution in [1.82, 2.24) is 19.9 Å². The van der Waals surface area contributed by atoms with Crippen molar-refractivity contribution in [2.75, 3.05) is 0 Å². The van der Waals surface area contributed by atoms with Crippen LogP contribution in [0.1, 0.15) is 0 Å². The molecule has 2 aromatic carbocycles. The van der Waals surface area contributed by atoms with Gasteiger partial charge in [-0.1, -0.05) is 31.9 Å². The number of halogens is 2. The zero-order valence-corrected chi connectivity index (χ0v) is 15.3. The summed E-state index contributed by atoms with van der Waals surface area (Å²) >= 11 is 6.61. The van der Waals surface area contributed by atoms with Crippen molar-refractivity contribution in [1.29, 1.82) is 0 Å². The lowest BCUT2D eigenvalue weighted by atomic mass is 10.3. The summed E-state index contributed by atoms with van der Waals surface area (Å²) in [7, 11) is 0. The first kappa shape index (κ1) is 16.5. The summed E-state index contributed by atoms with van der Waals surface area (Å²) in [4.78, 5) is 35.0. The highest BCUT2D eigenvalue weighted by molar-refractivity contribution is 9.10. The molecule has 4 aromatic rings. The van der Waals surface area contributed by atoms with Crippen LogP contribution in [-0.4, -0.2) is 19.9 Å². The Hall–Kier alpha value is -2.32. The van der Waals surface area contributed by atoms with Gasteiger partial charge in [-0.3, -0.25) is 9.59 Å². The van der Waals surface area contributed by atoms with Gasteiger partial charge in [-0.15, -0.1) is 0 Å². The van der Waals surface area contributed by atoms with E-state index in [0.29, 0.717) is 0 Å². The summed E-state index contributed by atoms with van der Waals surface area (Å²) in [6.45, 7) is 0. The van der Waals surface area contributed by atoms with Crippen molar-refractivity contribution >= 4 is 53.9 Å². The molecule has 0 fully saturated rings. The quantitative estimate of drug-likeness (QED) is 0.430. The molecular weight excluding hydrogens is 440 g/mol. The van der Waals surface area contributed by atoms with Gasteiger partial charge in [0.15, 0.2) is 0 Å². The molecule has 4 rings (SSSR count). The maximum atomic E-state index is 10.9. The molecule has 0 bridgehead atoms. The van der Waals surface area contributed by atoms with Gasteiger partial charge in [-0.25, -0.2) is 9.97 Å². The third kappa shape index (κ3) is 3.95. The van der Waals surface area contributed by atoms with Crippen LogP contribution < -0.4 is 11.1 Å². The Bertz CT molecular complexity index is 1050. The van der Waals surface area contributed by atoms with Crippen molar-refractivity contribution in [2.24, 2.45) is 0 Å². The molecule has 0 saturated carbocycles. The second kappa shape index (κ2) is 7.06. The fourth-order valence-corrected chi connectivity index (χ4v) is 2.75. The predicted molar refractivity (Wildman–Crippen MR) is 100 cm³/mol. The Morgan fingerprint density at radius 1 is 0.708 bits per heavy atom. The molecule has 6 nitrogen and oxygen atoms in total. The number of hydrogen-bond donors (Lipinski definition) is 2. The van der Waals surface area contributed by atoms with E-state index in [9.17, 15) is 9.59 Å².